The van der Waals surface area contributed by atoms with E-state index in [-0.39, 0.29) is 6.03 Å². The normalized spacial score (nSPS) is 13.3. The molecule has 142 valence electrons. The molecule has 1 aliphatic heterocycles. The standard InChI is InChI=1S/C23H24N4O/c1-17-7-5-8-18(15-17)19-10-11-20-21(16-19)27(14-6-13-24-20)23(28)26(2)22-9-3-4-12-25-22/h3-5,7-12,15-16,24H,6,13-14H2,1-2H3. The second-order valence-electron chi connectivity index (χ2n) is 7.06. The fourth-order valence-electron chi connectivity index (χ4n) is 3.52. The van der Waals surface area contributed by atoms with Gasteiger partial charge in [-0.3, -0.25) is 9.80 Å². The quantitative estimate of drug-likeness (QED) is 0.693. The van der Waals surface area contributed by atoms with Crippen LogP contribution in [0.15, 0.2) is 66.9 Å². The number of nitrogens with one attached hydrogen (secondary N) is 1. The zero-order valence-electron chi connectivity index (χ0n) is 16.2. The summed E-state index contributed by atoms with van der Waals surface area (Å²) < 4.78 is 0. The van der Waals surface area contributed by atoms with Crippen molar-refractivity contribution in [2.45, 2.75) is 13.3 Å². The largest absolute Gasteiger partial charge is 0.383 e. The first kappa shape index (κ1) is 18.0. The van der Waals surface area contributed by atoms with Gasteiger partial charge in [0.2, 0.25) is 0 Å². The van der Waals surface area contributed by atoms with Crippen molar-refractivity contribution in [1.29, 1.82) is 0 Å². The molecule has 5 nitrogen and oxygen atoms in total. The van der Waals surface area contributed by atoms with E-state index in [9.17, 15) is 4.79 Å². The van der Waals surface area contributed by atoms with Crippen molar-refractivity contribution in [2.75, 3.05) is 35.3 Å². The predicted molar refractivity (Wildman–Crippen MR) is 115 cm³/mol. The SMILES string of the molecule is Cc1cccc(-c2ccc3c(c2)N(C(=O)N(C)c2ccccn2)CCCN3)c1. The van der Waals surface area contributed by atoms with Gasteiger partial charge in [0.15, 0.2) is 0 Å². The number of hydrogen-bond acceptors (Lipinski definition) is 3. The molecule has 1 aromatic heterocycles. The molecule has 2 heterocycles. The van der Waals surface area contributed by atoms with E-state index in [1.54, 1.807) is 18.1 Å². The van der Waals surface area contributed by atoms with Gasteiger partial charge in [0.25, 0.3) is 0 Å². The van der Waals surface area contributed by atoms with Gasteiger partial charge in [-0.2, -0.15) is 0 Å². The maximum Gasteiger partial charge on any atom is 0.329 e. The molecule has 0 radical (unpaired) electrons. The summed E-state index contributed by atoms with van der Waals surface area (Å²) in [6, 6.07) is 20.2. The lowest BCUT2D eigenvalue weighted by atomic mass is 10.0. The number of aryl methyl sites for hydroxylation is 1. The number of nitrogens with zero attached hydrogens (tertiary/aromatic N) is 3. The summed E-state index contributed by atoms with van der Waals surface area (Å²) in [6.07, 6.45) is 2.59. The van der Waals surface area contributed by atoms with Gasteiger partial charge in [0.1, 0.15) is 5.82 Å². The number of carbonyl (C=O) groups excluding carboxylic acids is 1. The number of anilines is 3. The maximum atomic E-state index is 13.3. The summed E-state index contributed by atoms with van der Waals surface area (Å²) in [5, 5.41) is 3.45. The monoisotopic (exact) mass is 372 g/mol. The highest BCUT2D eigenvalue weighted by Gasteiger charge is 2.25. The van der Waals surface area contributed by atoms with Crippen LogP contribution in [0.25, 0.3) is 11.1 Å². The molecular formula is C23H24N4O. The van der Waals surface area contributed by atoms with E-state index in [4.69, 9.17) is 0 Å². The lowest BCUT2D eigenvalue weighted by molar-refractivity contribution is 0.252. The lowest BCUT2D eigenvalue weighted by Gasteiger charge is -2.28. The van der Waals surface area contributed by atoms with Gasteiger partial charge in [-0.15, -0.1) is 0 Å². The van der Waals surface area contributed by atoms with Crippen molar-refractivity contribution in [1.82, 2.24) is 4.98 Å². The predicted octanol–water partition coefficient (Wildman–Crippen LogP) is 4.94. The van der Waals surface area contributed by atoms with Crippen LogP contribution in [0.5, 0.6) is 0 Å². The van der Waals surface area contributed by atoms with Gasteiger partial charge in [0.05, 0.1) is 11.4 Å². The number of carbonyl (C=O) groups is 1. The van der Waals surface area contributed by atoms with E-state index < -0.39 is 0 Å². The number of fused-ring (bicyclic) bond motifs is 1. The molecule has 0 saturated carbocycles. The van der Waals surface area contributed by atoms with E-state index in [1.165, 1.54) is 5.56 Å². The Kier molecular flexibility index (Phi) is 4.98. The average molecular weight is 372 g/mol. The molecule has 2 amide bonds. The Hall–Kier alpha value is -3.34. The van der Waals surface area contributed by atoms with Gasteiger partial charge in [-0.05, 0) is 48.7 Å². The second-order valence-corrected chi connectivity index (χ2v) is 7.06. The average Bonchev–Trinajstić information content (AvgIpc) is 2.95. The van der Waals surface area contributed by atoms with E-state index in [0.29, 0.717) is 12.4 Å². The van der Waals surface area contributed by atoms with Crippen LogP contribution in [0.1, 0.15) is 12.0 Å². The van der Waals surface area contributed by atoms with Crippen molar-refractivity contribution in [3.05, 3.63) is 72.4 Å². The number of benzene rings is 2. The number of urea groups is 1. The molecule has 3 aromatic rings. The minimum atomic E-state index is -0.0787. The molecule has 0 aliphatic carbocycles. The number of rotatable bonds is 2. The molecule has 5 heteroatoms. The number of pyridine rings is 1. The Bertz CT molecular complexity index is 987. The van der Waals surface area contributed by atoms with Crippen molar-refractivity contribution in [2.24, 2.45) is 0 Å². The Labute approximate surface area is 165 Å². The summed E-state index contributed by atoms with van der Waals surface area (Å²) in [6.45, 7) is 3.59. The first-order valence-corrected chi connectivity index (χ1v) is 9.55. The summed E-state index contributed by atoms with van der Waals surface area (Å²) >= 11 is 0. The van der Waals surface area contributed by atoms with Gasteiger partial charge in [-0.1, -0.05) is 42.0 Å². The second kappa shape index (κ2) is 7.72. The van der Waals surface area contributed by atoms with Crippen molar-refractivity contribution < 1.29 is 4.79 Å². The van der Waals surface area contributed by atoms with Crippen molar-refractivity contribution in [3.63, 3.8) is 0 Å². The van der Waals surface area contributed by atoms with E-state index in [2.05, 4.69) is 59.7 Å². The molecule has 1 aliphatic rings. The van der Waals surface area contributed by atoms with Crippen molar-refractivity contribution in [3.8, 4) is 11.1 Å². The van der Waals surface area contributed by atoms with Gasteiger partial charge in [0, 0.05) is 26.3 Å². The Morgan fingerprint density at radius 2 is 1.93 bits per heavy atom. The van der Waals surface area contributed by atoms with Crippen LogP contribution in [-0.2, 0) is 0 Å². The molecule has 28 heavy (non-hydrogen) atoms. The summed E-state index contributed by atoms with van der Waals surface area (Å²) in [7, 11) is 1.77. The molecule has 0 spiro atoms. The van der Waals surface area contributed by atoms with Crippen molar-refractivity contribution >= 4 is 23.2 Å². The zero-order valence-corrected chi connectivity index (χ0v) is 16.2. The molecule has 0 saturated heterocycles. The van der Waals surface area contributed by atoms with Crippen LogP contribution < -0.4 is 15.1 Å². The third-order valence-corrected chi connectivity index (χ3v) is 5.02. The van der Waals surface area contributed by atoms with Gasteiger partial charge < -0.3 is 5.32 Å². The minimum Gasteiger partial charge on any atom is -0.383 e. The third kappa shape index (κ3) is 3.56. The molecule has 1 N–H and O–H groups in total. The van der Waals surface area contributed by atoms with E-state index in [1.807, 2.05) is 23.1 Å². The van der Waals surface area contributed by atoms with Gasteiger partial charge >= 0.3 is 6.03 Å². The smallest absolute Gasteiger partial charge is 0.329 e. The Balaban J connectivity index is 1.72. The Morgan fingerprint density at radius 1 is 1.07 bits per heavy atom. The lowest BCUT2D eigenvalue weighted by Crippen LogP contribution is -2.42. The highest BCUT2D eigenvalue weighted by atomic mass is 16.2. The van der Waals surface area contributed by atoms with E-state index >= 15 is 0 Å². The van der Waals surface area contributed by atoms with Crippen LogP contribution in [0.3, 0.4) is 0 Å². The number of aromatic nitrogens is 1. The molecule has 0 bridgehead atoms. The summed E-state index contributed by atoms with van der Waals surface area (Å²) in [5.41, 5.74) is 5.36. The van der Waals surface area contributed by atoms with E-state index in [0.717, 1.165) is 35.5 Å². The van der Waals surface area contributed by atoms with Crippen LogP contribution in [-0.4, -0.2) is 31.2 Å². The first-order chi connectivity index (χ1) is 13.6. The minimum absolute atomic E-state index is 0.0787. The first-order valence-electron chi connectivity index (χ1n) is 9.55. The maximum absolute atomic E-state index is 13.3. The highest BCUT2D eigenvalue weighted by molar-refractivity contribution is 6.05. The summed E-state index contributed by atoms with van der Waals surface area (Å²) in [4.78, 5) is 21.1. The topological polar surface area (TPSA) is 48.5 Å². The van der Waals surface area contributed by atoms with Crippen LogP contribution in [0.4, 0.5) is 22.0 Å². The van der Waals surface area contributed by atoms with Gasteiger partial charge in [-0.25, -0.2) is 9.78 Å². The fraction of sp³-hybridized carbons (Fsp3) is 0.217. The zero-order chi connectivity index (χ0) is 19.5. The van der Waals surface area contributed by atoms with Crippen LogP contribution in [0, 0.1) is 6.92 Å². The molecular weight excluding hydrogens is 348 g/mol. The highest BCUT2D eigenvalue weighted by Crippen LogP contribution is 2.34. The Morgan fingerprint density at radius 3 is 2.71 bits per heavy atom. The molecule has 4 rings (SSSR count). The van der Waals surface area contributed by atoms with Crippen LogP contribution in [0.2, 0.25) is 0 Å². The fourth-order valence-corrected chi connectivity index (χ4v) is 3.52. The third-order valence-electron chi connectivity index (χ3n) is 5.02. The molecule has 0 fully saturated rings. The number of amides is 2. The van der Waals surface area contributed by atoms with Crippen LogP contribution >= 0.6 is 0 Å². The summed E-state index contributed by atoms with van der Waals surface area (Å²) in [5.74, 6) is 0.640. The molecule has 0 unspecified atom stereocenters. The number of hydrogen-bond donors (Lipinski definition) is 1. The molecule has 2 aromatic carbocycles. The molecule has 0 atom stereocenters.